The third-order valence-electron chi connectivity index (χ3n) is 4.28. The van der Waals surface area contributed by atoms with Gasteiger partial charge in [-0.05, 0) is 48.9 Å². The highest BCUT2D eigenvalue weighted by Gasteiger charge is 2.28. The molecule has 2 N–H and O–H groups in total. The number of halogens is 1. The molecule has 1 aromatic heterocycles. The normalized spacial score (nSPS) is 16.4. The van der Waals surface area contributed by atoms with Crippen LogP contribution in [0.15, 0.2) is 24.3 Å². The molecule has 1 heterocycles. The Kier molecular flexibility index (Phi) is 4.92. The van der Waals surface area contributed by atoms with Gasteiger partial charge in [-0.2, -0.15) is 0 Å². The van der Waals surface area contributed by atoms with Gasteiger partial charge in [0.05, 0.1) is 5.56 Å². The van der Waals surface area contributed by atoms with Crippen molar-refractivity contribution in [3.63, 3.8) is 0 Å². The molecule has 126 valence electrons. The Morgan fingerprint density at radius 3 is 2.79 bits per heavy atom. The molecule has 0 spiro atoms. The summed E-state index contributed by atoms with van der Waals surface area (Å²) in [6.07, 6.45) is 2.90. The summed E-state index contributed by atoms with van der Waals surface area (Å²) in [5.74, 6) is 0.197. The minimum absolute atomic E-state index is 0.150. The van der Waals surface area contributed by atoms with Crippen LogP contribution in [-0.2, 0) is 12.8 Å². The zero-order valence-corrected chi connectivity index (χ0v) is 15.2. The van der Waals surface area contributed by atoms with Gasteiger partial charge in [0.25, 0.3) is 11.8 Å². The molecule has 0 aliphatic heterocycles. The SMILES string of the molecule is CNC(=O)c1c(NC(=O)c2cccc(Cl)c2)sc2c1CCC(C)C2. The van der Waals surface area contributed by atoms with Crippen molar-refractivity contribution in [1.82, 2.24) is 5.32 Å². The third kappa shape index (κ3) is 3.32. The van der Waals surface area contributed by atoms with Gasteiger partial charge < -0.3 is 10.6 Å². The van der Waals surface area contributed by atoms with E-state index in [1.54, 1.807) is 31.3 Å². The van der Waals surface area contributed by atoms with Crippen LogP contribution in [0.3, 0.4) is 0 Å². The molecule has 3 rings (SSSR count). The van der Waals surface area contributed by atoms with Gasteiger partial charge >= 0.3 is 0 Å². The van der Waals surface area contributed by atoms with Crippen molar-refractivity contribution >= 4 is 39.8 Å². The number of carbonyl (C=O) groups excluding carboxylic acids is 2. The fourth-order valence-corrected chi connectivity index (χ4v) is 4.60. The molecule has 2 aromatic rings. The van der Waals surface area contributed by atoms with Crippen LogP contribution in [0.2, 0.25) is 5.02 Å². The van der Waals surface area contributed by atoms with E-state index >= 15 is 0 Å². The molecule has 1 aliphatic carbocycles. The summed E-state index contributed by atoms with van der Waals surface area (Å²) < 4.78 is 0. The van der Waals surface area contributed by atoms with E-state index in [-0.39, 0.29) is 11.8 Å². The lowest BCUT2D eigenvalue weighted by atomic mass is 9.88. The summed E-state index contributed by atoms with van der Waals surface area (Å²) in [5, 5.41) is 6.72. The lowest BCUT2D eigenvalue weighted by Crippen LogP contribution is -2.22. The molecule has 1 aliphatic rings. The Balaban J connectivity index is 1.95. The number of carbonyl (C=O) groups is 2. The van der Waals surface area contributed by atoms with Crippen molar-refractivity contribution in [1.29, 1.82) is 0 Å². The molecular formula is C18H19ClN2O2S. The molecule has 1 unspecified atom stereocenters. The summed E-state index contributed by atoms with van der Waals surface area (Å²) in [7, 11) is 1.61. The number of benzene rings is 1. The molecule has 0 radical (unpaired) electrons. The van der Waals surface area contributed by atoms with Crippen LogP contribution in [0.5, 0.6) is 0 Å². The van der Waals surface area contributed by atoms with Crippen molar-refractivity contribution < 1.29 is 9.59 Å². The second-order valence-corrected chi connectivity index (χ2v) is 7.64. The third-order valence-corrected chi connectivity index (χ3v) is 5.68. The van der Waals surface area contributed by atoms with Crippen LogP contribution in [0, 0.1) is 5.92 Å². The number of amides is 2. The van der Waals surface area contributed by atoms with Gasteiger partial charge in [-0.15, -0.1) is 11.3 Å². The largest absolute Gasteiger partial charge is 0.355 e. The summed E-state index contributed by atoms with van der Waals surface area (Å²) in [6.45, 7) is 2.21. The van der Waals surface area contributed by atoms with Gasteiger partial charge in [0.1, 0.15) is 5.00 Å². The smallest absolute Gasteiger partial charge is 0.256 e. The molecule has 4 nitrogen and oxygen atoms in total. The Morgan fingerprint density at radius 1 is 1.29 bits per heavy atom. The first-order valence-corrected chi connectivity index (χ1v) is 9.12. The van der Waals surface area contributed by atoms with Crippen molar-refractivity contribution in [2.75, 3.05) is 12.4 Å². The molecule has 0 bridgehead atoms. The van der Waals surface area contributed by atoms with Gasteiger partial charge in [-0.3, -0.25) is 9.59 Å². The number of thiophene rings is 1. The molecular weight excluding hydrogens is 344 g/mol. The molecule has 24 heavy (non-hydrogen) atoms. The first-order valence-electron chi connectivity index (χ1n) is 7.93. The molecule has 2 amide bonds. The minimum atomic E-state index is -0.255. The van der Waals surface area contributed by atoms with E-state index in [0.29, 0.717) is 27.1 Å². The summed E-state index contributed by atoms with van der Waals surface area (Å²) in [6, 6.07) is 6.78. The molecule has 1 atom stereocenters. The fraction of sp³-hybridized carbons (Fsp3) is 0.333. The van der Waals surface area contributed by atoms with Gasteiger partial charge in [0.15, 0.2) is 0 Å². The topological polar surface area (TPSA) is 58.2 Å². The van der Waals surface area contributed by atoms with E-state index < -0.39 is 0 Å². The van der Waals surface area contributed by atoms with E-state index in [9.17, 15) is 9.59 Å². The molecule has 6 heteroatoms. The molecule has 0 saturated carbocycles. The van der Waals surface area contributed by atoms with Crippen molar-refractivity contribution in [3.8, 4) is 0 Å². The Morgan fingerprint density at radius 2 is 2.08 bits per heavy atom. The van der Waals surface area contributed by atoms with E-state index in [0.717, 1.165) is 24.8 Å². The quantitative estimate of drug-likeness (QED) is 0.862. The predicted octanol–water partition coefficient (Wildman–Crippen LogP) is 4.14. The lowest BCUT2D eigenvalue weighted by Gasteiger charge is -2.18. The van der Waals surface area contributed by atoms with Gasteiger partial charge in [0, 0.05) is 22.5 Å². The summed E-state index contributed by atoms with van der Waals surface area (Å²) in [4.78, 5) is 26.1. The molecule has 1 aromatic carbocycles. The zero-order chi connectivity index (χ0) is 17.3. The second-order valence-electron chi connectivity index (χ2n) is 6.10. The van der Waals surface area contributed by atoms with Gasteiger partial charge in [-0.25, -0.2) is 0 Å². The number of nitrogens with one attached hydrogen (secondary N) is 2. The zero-order valence-electron chi connectivity index (χ0n) is 13.6. The fourth-order valence-electron chi connectivity index (χ4n) is 3.01. The first-order chi connectivity index (χ1) is 11.5. The predicted molar refractivity (Wildman–Crippen MR) is 98.3 cm³/mol. The Hall–Kier alpha value is -1.85. The van der Waals surface area contributed by atoms with E-state index in [4.69, 9.17) is 11.6 Å². The lowest BCUT2D eigenvalue weighted by molar-refractivity contribution is 0.0963. The van der Waals surface area contributed by atoms with E-state index in [1.165, 1.54) is 16.2 Å². The highest BCUT2D eigenvalue weighted by molar-refractivity contribution is 7.17. The van der Waals surface area contributed by atoms with Crippen molar-refractivity contribution in [2.24, 2.45) is 5.92 Å². The number of anilines is 1. The van der Waals surface area contributed by atoms with Gasteiger partial charge in [0.2, 0.25) is 0 Å². The van der Waals surface area contributed by atoms with Crippen molar-refractivity contribution in [3.05, 3.63) is 50.9 Å². The Labute approximate surface area is 150 Å². The summed E-state index contributed by atoms with van der Waals surface area (Å²) in [5.41, 5.74) is 2.17. The minimum Gasteiger partial charge on any atom is -0.355 e. The van der Waals surface area contributed by atoms with Crippen LogP contribution in [0.4, 0.5) is 5.00 Å². The van der Waals surface area contributed by atoms with Gasteiger partial charge in [-0.1, -0.05) is 24.6 Å². The van der Waals surface area contributed by atoms with Crippen LogP contribution in [-0.4, -0.2) is 18.9 Å². The molecule has 0 fully saturated rings. The van der Waals surface area contributed by atoms with Crippen LogP contribution in [0.25, 0.3) is 0 Å². The maximum Gasteiger partial charge on any atom is 0.256 e. The Bertz CT molecular complexity index is 800. The average Bonchev–Trinajstić information content (AvgIpc) is 2.90. The van der Waals surface area contributed by atoms with E-state index in [2.05, 4.69) is 17.6 Å². The van der Waals surface area contributed by atoms with Crippen LogP contribution < -0.4 is 10.6 Å². The van der Waals surface area contributed by atoms with Crippen LogP contribution >= 0.6 is 22.9 Å². The second kappa shape index (κ2) is 6.95. The maximum atomic E-state index is 12.5. The number of hydrogen-bond donors (Lipinski definition) is 2. The highest BCUT2D eigenvalue weighted by atomic mass is 35.5. The standard InChI is InChI=1S/C18H19ClN2O2S/c1-10-6-7-13-14(8-10)24-18(15(13)17(23)20-2)21-16(22)11-4-3-5-12(19)9-11/h3-5,9-10H,6-8H2,1-2H3,(H,20,23)(H,21,22). The average molecular weight is 363 g/mol. The first kappa shape index (κ1) is 17.0. The van der Waals surface area contributed by atoms with E-state index in [1.807, 2.05) is 0 Å². The maximum absolute atomic E-state index is 12.5. The monoisotopic (exact) mass is 362 g/mol. The summed E-state index contributed by atoms with van der Waals surface area (Å²) >= 11 is 7.46. The highest BCUT2D eigenvalue weighted by Crippen LogP contribution is 2.39. The number of rotatable bonds is 3. The molecule has 0 saturated heterocycles. The van der Waals surface area contributed by atoms with Crippen molar-refractivity contribution in [2.45, 2.75) is 26.2 Å². The number of hydrogen-bond acceptors (Lipinski definition) is 3. The number of fused-ring (bicyclic) bond motifs is 1. The van der Waals surface area contributed by atoms with Crippen LogP contribution in [0.1, 0.15) is 44.5 Å².